The number of alkyl halides is 1. The van der Waals surface area contributed by atoms with Gasteiger partial charge in [-0.1, -0.05) is 22.0 Å². The molecule has 1 aliphatic rings. The summed E-state index contributed by atoms with van der Waals surface area (Å²) in [5.41, 5.74) is 2.55. The SMILES string of the molecule is Cc1ccc2ccc3[n+](c2c1)CC(CBr)O3. The Bertz CT molecular complexity index is 553. The molecule has 2 nitrogen and oxygen atoms in total. The van der Waals surface area contributed by atoms with Crippen LogP contribution in [-0.2, 0) is 6.54 Å². The van der Waals surface area contributed by atoms with Crippen molar-refractivity contribution in [3.8, 4) is 5.88 Å². The monoisotopic (exact) mass is 278 g/mol. The van der Waals surface area contributed by atoms with Crippen LogP contribution in [0.4, 0.5) is 0 Å². The summed E-state index contributed by atoms with van der Waals surface area (Å²) in [6.45, 7) is 3.05. The summed E-state index contributed by atoms with van der Waals surface area (Å²) in [6, 6.07) is 10.7. The van der Waals surface area contributed by atoms with Gasteiger partial charge in [0, 0.05) is 16.8 Å². The van der Waals surface area contributed by atoms with Crippen LogP contribution in [0.1, 0.15) is 5.56 Å². The van der Waals surface area contributed by atoms with E-state index in [4.69, 9.17) is 4.74 Å². The van der Waals surface area contributed by atoms with Gasteiger partial charge in [0.25, 0.3) is 0 Å². The van der Waals surface area contributed by atoms with E-state index < -0.39 is 0 Å². The fourth-order valence-electron chi connectivity index (χ4n) is 2.18. The van der Waals surface area contributed by atoms with Crippen molar-refractivity contribution in [2.75, 3.05) is 5.33 Å². The molecule has 3 rings (SSSR count). The Kier molecular flexibility index (Phi) is 2.36. The second kappa shape index (κ2) is 3.74. The predicted molar refractivity (Wildman–Crippen MR) is 67.1 cm³/mol. The number of hydrogen-bond donors (Lipinski definition) is 0. The van der Waals surface area contributed by atoms with E-state index in [-0.39, 0.29) is 6.10 Å². The molecule has 16 heavy (non-hydrogen) atoms. The van der Waals surface area contributed by atoms with E-state index >= 15 is 0 Å². The minimum Gasteiger partial charge on any atom is -0.433 e. The highest BCUT2D eigenvalue weighted by atomic mass is 79.9. The van der Waals surface area contributed by atoms with Crippen LogP contribution in [-0.4, -0.2) is 11.4 Å². The van der Waals surface area contributed by atoms with Crippen molar-refractivity contribution in [2.45, 2.75) is 19.6 Å². The zero-order valence-corrected chi connectivity index (χ0v) is 10.7. The summed E-state index contributed by atoms with van der Waals surface area (Å²) < 4.78 is 8.08. The van der Waals surface area contributed by atoms with Crippen molar-refractivity contribution < 1.29 is 9.30 Å². The third-order valence-electron chi connectivity index (χ3n) is 2.99. The lowest BCUT2D eigenvalue weighted by Crippen LogP contribution is -2.34. The number of benzene rings is 1. The van der Waals surface area contributed by atoms with Gasteiger partial charge in [0.05, 0.1) is 6.07 Å². The average Bonchev–Trinajstić information content (AvgIpc) is 2.72. The fraction of sp³-hybridized carbons (Fsp3) is 0.308. The molecule has 0 saturated heterocycles. The number of aromatic nitrogens is 1. The number of rotatable bonds is 1. The maximum Gasteiger partial charge on any atom is 0.368 e. The summed E-state index contributed by atoms with van der Waals surface area (Å²) >= 11 is 3.48. The first-order chi connectivity index (χ1) is 7.78. The number of hydrogen-bond acceptors (Lipinski definition) is 1. The Balaban J connectivity index is 2.22. The standard InChI is InChI=1S/C13H13BrNO/c1-9-2-3-10-4-5-13-15(12(10)6-9)8-11(7-14)16-13/h2-6,11H,7-8H2,1H3/q+1. The van der Waals surface area contributed by atoms with Crippen LogP contribution in [0.15, 0.2) is 30.3 Å². The van der Waals surface area contributed by atoms with Gasteiger partial charge in [-0.05, 0) is 24.6 Å². The smallest absolute Gasteiger partial charge is 0.368 e. The molecule has 1 atom stereocenters. The first kappa shape index (κ1) is 10.1. The lowest BCUT2D eigenvalue weighted by molar-refractivity contribution is -0.655. The summed E-state index contributed by atoms with van der Waals surface area (Å²) in [4.78, 5) is 0. The minimum absolute atomic E-state index is 0.256. The Hall–Kier alpha value is -1.09. The van der Waals surface area contributed by atoms with Crippen LogP contribution < -0.4 is 9.30 Å². The third kappa shape index (κ3) is 1.50. The first-order valence-electron chi connectivity index (χ1n) is 5.44. The van der Waals surface area contributed by atoms with Gasteiger partial charge < -0.3 is 4.74 Å². The molecule has 3 heteroatoms. The number of aryl methyl sites for hydroxylation is 1. The molecule has 2 aromatic rings. The molecule has 1 aromatic carbocycles. The molecule has 0 N–H and O–H groups in total. The molecule has 1 unspecified atom stereocenters. The van der Waals surface area contributed by atoms with Crippen molar-refractivity contribution in [1.82, 2.24) is 0 Å². The zero-order chi connectivity index (χ0) is 11.1. The van der Waals surface area contributed by atoms with Crippen molar-refractivity contribution >= 4 is 26.8 Å². The average molecular weight is 279 g/mol. The lowest BCUT2D eigenvalue weighted by atomic mass is 10.1. The second-order valence-electron chi connectivity index (χ2n) is 4.24. The van der Waals surface area contributed by atoms with Gasteiger partial charge in [-0.2, -0.15) is 4.57 Å². The molecule has 0 saturated carbocycles. The number of nitrogens with zero attached hydrogens (tertiary/aromatic N) is 1. The minimum atomic E-state index is 0.256. The summed E-state index contributed by atoms with van der Waals surface area (Å²) in [5, 5.41) is 2.15. The molecule has 0 fully saturated rings. The predicted octanol–water partition coefficient (Wildman–Crippen LogP) is 2.59. The van der Waals surface area contributed by atoms with Crippen molar-refractivity contribution in [2.24, 2.45) is 0 Å². The fourth-order valence-corrected chi connectivity index (χ4v) is 2.52. The van der Waals surface area contributed by atoms with E-state index in [0.717, 1.165) is 17.8 Å². The molecule has 0 bridgehead atoms. The van der Waals surface area contributed by atoms with E-state index in [1.54, 1.807) is 0 Å². The van der Waals surface area contributed by atoms with Crippen LogP contribution in [0.3, 0.4) is 0 Å². The van der Waals surface area contributed by atoms with Gasteiger partial charge in [-0.25, -0.2) is 0 Å². The molecule has 1 aromatic heterocycles. The molecule has 0 aliphatic carbocycles. The quantitative estimate of drug-likeness (QED) is 0.577. The van der Waals surface area contributed by atoms with Crippen LogP contribution in [0.25, 0.3) is 10.9 Å². The van der Waals surface area contributed by atoms with Gasteiger partial charge in [-0.3, -0.25) is 0 Å². The number of halogens is 1. The number of pyridine rings is 1. The summed E-state index contributed by atoms with van der Waals surface area (Å²) in [6.07, 6.45) is 0.256. The second-order valence-corrected chi connectivity index (χ2v) is 4.89. The lowest BCUT2D eigenvalue weighted by Gasteiger charge is -1.98. The van der Waals surface area contributed by atoms with E-state index in [1.165, 1.54) is 16.5 Å². The molecular weight excluding hydrogens is 266 g/mol. The molecule has 0 amide bonds. The Labute approximate surface area is 103 Å². The number of fused-ring (bicyclic) bond motifs is 3. The largest absolute Gasteiger partial charge is 0.433 e. The maximum absolute atomic E-state index is 5.82. The Morgan fingerprint density at radius 1 is 1.38 bits per heavy atom. The zero-order valence-electron chi connectivity index (χ0n) is 9.11. The highest BCUT2D eigenvalue weighted by Crippen LogP contribution is 2.21. The van der Waals surface area contributed by atoms with Gasteiger partial charge in [0.2, 0.25) is 5.52 Å². The van der Waals surface area contributed by atoms with E-state index in [0.29, 0.717) is 0 Å². The summed E-state index contributed by atoms with van der Waals surface area (Å²) in [7, 11) is 0. The van der Waals surface area contributed by atoms with E-state index in [9.17, 15) is 0 Å². The molecule has 1 aliphatic heterocycles. The Morgan fingerprint density at radius 2 is 2.19 bits per heavy atom. The van der Waals surface area contributed by atoms with Crippen molar-refractivity contribution in [3.63, 3.8) is 0 Å². The van der Waals surface area contributed by atoms with Gasteiger partial charge >= 0.3 is 5.88 Å². The normalized spacial score (nSPS) is 18.5. The molecular formula is C13H13BrNO+. The highest BCUT2D eigenvalue weighted by molar-refractivity contribution is 9.09. The Morgan fingerprint density at radius 3 is 3.00 bits per heavy atom. The number of ether oxygens (including phenoxy) is 1. The van der Waals surface area contributed by atoms with Crippen molar-refractivity contribution in [1.29, 1.82) is 0 Å². The van der Waals surface area contributed by atoms with Gasteiger partial charge in [0.1, 0.15) is 0 Å². The van der Waals surface area contributed by atoms with Crippen molar-refractivity contribution in [3.05, 3.63) is 35.9 Å². The van der Waals surface area contributed by atoms with Gasteiger partial charge in [0.15, 0.2) is 12.6 Å². The maximum atomic E-state index is 5.82. The molecule has 0 spiro atoms. The van der Waals surface area contributed by atoms with Crippen LogP contribution >= 0.6 is 15.9 Å². The van der Waals surface area contributed by atoms with Crippen LogP contribution in [0.2, 0.25) is 0 Å². The van der Waals surface area contributed by atoms with E-state index in [2.05, 4.69) is 57.8 Å². The topological polar surface area (TPSA) is 13.1 Å². The van der Waals surface area contributed by atoms with Crippen LogP contribution in [0.5, 0.6) is 5.88 Å². The molecule has 2 heterocycles. The third-order valence-corrected chi connectivity index (χ3v) is 3.72. The van der Waals surface area contributed by atoms with Crippen LogP contribution in [0, 0.1) is 6.92 Å². The summed E-state index contributed by atoms with van der Waals surface area (Å²) in [5.74, 6) is 0.975. The molecule has 0 radical (unpaired) electrons. The van der Waals surface area contributed by atoms with E-state index in [1.807, 2.05) is 0 Å². The first-order valence-corrected chi connectivity index (χ1v) is 6.56. The van der Waals surface area contributed by atoms with Gasteiger partial charge in [-0.15, -0.1) is 0 Å². The molecule has 82 valence electrons. The highest BCUT2D eigenvalue weighted by Gasteiger charge is 2.31.